The third-order valence-corrected chi connectivity index (χ3v) is 3.16. The summed E-state index contributed by atoms with van der Waals surface area (Å²) < 4.78 is 23.6. The van der Waals surface area contributed by atoms with E-state index in [-0.39, 0.29) is 10.9 Å². The summed E-state index contributed by atoms with van der Waals surface area (Å²) in [6.07, 6.45) is 1.41. The molecule has 0 aliphatic heterocycles. The highest BCUT2D eigenvalue weighted by Gasteiger charge is 2.21. The van der Waals surface area contributed by atoms with Crippen molar-refractivity contribution in [1.82, 2.24) is 9.97 Å². The number of nitrogens with zero attached hydrogens (tertiary/aromatic N) is 2. The Labute approximate surface area is 120 Å². The minimum atomic E-state index is -0.758. The van der Waals surface area contributed by atoms with E-state index in [0.717, 1.165) is 0 Å². The van der Waals surface area contributed by atoms with Crippen molar-refractivity contribution in [3.05, 3.63) is 46.5 Å². The van der Waals surface area contributed by atoms with Gasteiger partial charge in [-0.05, 0) is 11.6 Å². The molecule has 106 valence electrons. The molecule has 5 nitrogen and oxygen atoms in total. The zero-order chi connectivity index (χ0) is 14.7. The van der Waals surface area contributed by atoms with Crippen molar-refractivity contribution >= 4 is 11.6 Å². The summed E-state index contributed by atoms with van der Waals surface area (Å²) in [5.74, 6) is -0.0413. The Kier molecular flexibility index (Phi) is 4.36. The van der Waals surface area contributed by atoms with Crippen LogP contribution in [0.15, 0.2) is 24.4 Å². The van der Waals surface area contributed by atoms with Crippen LogP contribution in [0, 0.1) is 5.82 Å². The Hall–Kier alpha value is -1.92. The van der Waals surface area contributed by atoms with Crippen LogP contribution in [0.4, 0.5) is 4.39 Å². The number of nitrogens with two attached hydrogens (primary N) is 1. The van der Waals surface area contributed by atoms with Crippen LogP contribution in [-0.4, -0.2) is 24.2 Å². The lowest BCUT2D eigenvalue weighted by molar-refractivity contribution is 0.355. The Morgan fingerprint density at radius 1 is 1.30 bits per heavy atom. The molecule has 7 heteroatoms. The molecule has 0 bridgehead atoms. The van der Waals surface area contributed by atoms with E-state index < -0.39 is 11.9 Å². The molecule has 0 amide bonds. The fraction of sp³-hybridized carbons (Fsp3) is 0.231. The van der Waals surface area contributed by atoms with E-state index in [1.807, 2.05) is 0 Å². The maximum atomic E-state index is 13.5. The van der Waals surface area contributed by atoms with Crippen LogP contribution in [0.3, 0.4) is 0 Å². The molecule has 2 rings (SSSR count). The maximum Gasteiger partial charge on any atom is 0.240 e. The van der Waals surface area contributed by atoms with Gasteiger partial charge in [-0.25, -0.2) is 9.37 Å². The monoisotopic (exact) mass is 297 g/mol. The third kappa shape index (κ3) is 2.66. The van der Waals surface area contributed by atoms with Gasteiger partial charge in [0, 0.05) is 0 Å². The average molecular weight is 298 g/mol. The smallest absolute Gasteiger partial charge is 0.240 e. The zero-order valence-electron chi connectivity index (χ0n) is 10.9. The molecule has 2 N–H and O–H groups in total. The predicted molar refractivity (Wildman–Crippen MR) is 72.6 cm³/mol. The fourth-order valence-electron chi connectivity index (χ4n) is 1.74. The van der Waals surface area contributed by atoms with Crippen molar-refractivity contribution in [2.45, 2.75) is 6.04 Å². The molecular weight excluding hydrogens is 285 g/mol. The highest BCUT2D eigenvalue weighted by atomic mass is 35.5. The topological polar surface area (TPSA) is 70.3 Å². The first kappa shape index (κ1) is 14.5. The molecule has 1 heterocycles. The molecular formula is C13H13ClFN3O2. The summed E-state index contributed by atoms with van der Waals surface area (Å²) in [6, 6.07) is 3.66. The van der Waals surface area contributed by atoms with Crippen LogP contribution in [0.2, 0.25) is 5.02 Å². The first-order valence-electron chi connectivity index (χ1n) is 5.73. The van der Waals surface area contributed by atoms with Crippen LogP contribution < -0.4 is 15.2 Å². The van der Waals surface area contributed by atoms with Gasteiger partial charge in [-0.1, -0.05) is 23.7 Å². The van der Waals surface area contributed by atoms with Gasteiger partial charge in [0.1, 0.15) is 11.5 Å². The van der Waals surface area contributed by atoms with Crippen molar-refractivity contribution in [3.63, 3.8) is 0 Å². The van der Waals surface area contributed by atoms with Crippen molar-refractivity contribution < 1.29 is 13.9 Å². The summed E-state index contributed by atoms with van der Waals surface area (Å²) in [5.41, 5.74) is 6.83. The van der Waals surface area contributed by atoms with Crippen LogP contribution in [0.25, 0.3) is 0 Å². The second-order valence-electron chi connectivity index (χ2n) is 3.93. The number of aromatic nitrogens is 2. The molecule has 1 atom stereocenters. The van der Waals surface area contributed by atoms with E-state index in [9.17, 15) is 4.39 Å². The van der Waals surface area contributed by atoms with E-state index in [2.05, 4.69) is 9.97 Å². The lowest BCUT2D eigenvalue weighted by atomic mass is 10.0. The number of rotatable bonds is 4. The standard InChI is InChI=1S/C13H13ClFN3O2/c1-19-9-6-17-12(13(18-9)20-2)11(16)7-4-3-5-8(15)10(7)14/h3-6,11H,16H2,1-2H3. The summed E-state index contributed by atoms with van der Waals surface area (Å²) in [6.45, 7) is 0. The van der Waals surface area contributed by atoms with Gasteiger partial charge in [-0.15, -0.1) is 0 Å². The Bertz CT molecular complexity index is 625. The zero-order valence-corrected chi connectivity index (χ0v) is 11.7. The molecule has 0 spiro atoms. The van der Waals surface area contributed by atoms with Gasteiger partial charge < -0.3 is 15.2 Å². The number of benzene rings is 1. The molecule has 1 aromatic heterocycles. The fourth-order valence-corrected chi connectivity index (χ4v) is 1.98. The van der Waals surface area contributed by atoms with Crippen LogP contribution in [0.5, 0.6) is 11.8 Å². The van der Waals surface area contributed by atoms with Crippen molar-refractivity contribution in [3.8, 4) is 11.8 Å². The van der Waals surface area contributed by atoms with Gasteiger partial charge in [0.25, 0.3) is 0 Å². The number of hydrogen-bond acceptors (Lipinski definition) is 5. The summed E-state index contributed by atoms with van der Waals surface area (Å²) in [5, 5.41) is -0.0420. The number of hydrogen-bond donors (Lipinski definition) is 1. The summed E-state index contributed by atoms with van der Waals surface area (Å²) in [7, 11) is 2.90. The second kappa shape index (κ2) is 6.02. The highest BCUT2D eigenvalue weighted by Crippen LogP contribution is 2.31. The molecule has 0 aliphatic carbocycles. The third-order valence-electron chi connectivity index (χ3n) is 2.76. The first-order chi connectivity index (χ1) is 9.58. The largest absolute Gasteiger partial charge is 0.480 e. The number of halogens is 2. The molecule has 0 radical (unpaired) electrons. The van der Waals surface area contributed by atoms with Crippen molar-refractivity contribution in [2.75, 3.05) is 14.2 Å². The Morgan fingerprint density at radius 2 is 2.05 bits per heavy atom. The minimum Gasteiger partial charge on any atom is -0.480 e. The predicted octanol–water partition coefficient (Wildman–Crippen LogP) is 2.33. The van der Waals surface area contributed by atoms with Gasteiger partial charge in [0.2, 0.25) is 11.8 Å². The van der Waals surface area contributed by atoms with Gasteiger partial charge in [-0.3, -0.25) is 0 Å². The van der Waals surface area contributed by atoms with Crippen LogP contribution >= 0.6 is 11.6 Å². The lowest BCUT2D eigenvalue weighted by Gasteiger charge is -2.16. The number of ether oxygens (including phenoxy) is 2. The first-order valence-corrected chi connectivity index (χ1v) is 6.10. The molecule has 0 aliphatic rings. The normalized spacial score (nSPS) is 12.1. The SMILES string of the molecule is COc1cnc(C(N)c2cccc(F)c2Cl)c(OC)n1. The van der Waals surface area contributed by atoms with Gasteiger partial charge in [-0.2, -0.15) is 4.98 Å². The van der Waals surface area contributed by atoms with Crippen molar-refractivity contribution in [1.29, 1.82) is 0 Å². The van der Waals surface area contributed by atoms with E-state index >= 15 is 0 Å². The minimum absolute atomic E-state index is 0.0420. The van der Waals surface area contributed by atoms with Crippen LogP contribution in [-0.2, 0) is 0 Å². The van der Waals surface area contributed by atoms with Crippen LogP contribution in [0.1, 0.15) is 17.3 Å². The highest BCUT2D eigenvalue weighted by molar-refractivity contribution is 6.31. The molecule has 0 saturated carbocycles. The van der Waals surface area contributed by atoms with E-state index in [4.69, 9.17) is 26.8 Å². The molecule has 1 unspecified atom stereocenters. The Balaban J connectivity index is 2.47. The lowest BCUT2D eigenvalue weighted by Crippen LogP contribution is -2.16. The van der Waals surface area contributed by atoms with Gasteiger partial charge >= 0.3 is 0 Å². The van der Waals surface area contributed by atoms with Gasteiger partial charge in [0.05, 0.1) is 31.5 Å². The molecule has 0 saturated heterocycles. The molecule has 2 aromatic rings. The molecule has 1 aromatic carbocycles. The average Bonchev–Trinajstić information content (AvgIpc) is 2.48. The summed E-state index contributed by atoms with van der Waals surface area (Å²) >= 11 is 5.92. The van der Waals surface area contributed by atoms with E-state index in [0.29, 0.717) is 17.1 Å². The van der Waals surface area contributed by atoms with Gasteiger partial charge in [0.15, 0.2) is 0 Å². The second-order valence-corrected chi connectivity index (χ2v) is 4.31. The quantitative estimate of drug-likeness (QED) is 0.938. The Morgan fingerprint density at radius 3 is 2.70 bits per heavy atom. The molecule has 20 heavy (non-hydrogen) atoms. The number of methoxy groups -OCH3 is 2. The maximum absolute atomic E-state index is 13.5. The summed E-state index contributed by atoms with van der Waals surface area (Å²) in [4.78, 5) is 8.23. The van der Waals surface area contributed by atoms with E-state index in [1.54, 1.807) is 6.07 Å². The molecule has 0 fully saturated rings. The van der Waals surface area contributed by atoms with E-state index in [1.165, 1.54) is 32.5 Å². The van der Waals surface area contributed by atoms with Crippen molar-refractivity contribution in [2.24, 2.45) is 5.73 Å².